The molecule has 0 aliphatic carbocycles. The third kappa shape index (κ3) is 9.58. The minimum atomic E-state index is -0.232. The molecule has 33 heavy (non-hydrogen) atoms. The van der Waals surface area contributed by atoms with Gasteiger partial charge >= 0.3 is 6.03 Å². The zero-order valence-corrected chi connectivity index (χ0v) is 21.2. The van der Waals surface area contributed by atoms with E-state index in [4.69, 9.17) is 4.74 Å². The van der Waals surface area contributed by atoms with Crippen molar-refractivity contribution in [3.63, 3.8) is 0 Å². The fourth-order valence-corrected chi connectivity index (χ4v) is 3.77. The first-order chi connectivity index (χ1) is 15.7. The highest BCUT2D eigenvalue weighted by Gasteiger charge is 2.28. The maximum absolute atomic E-state index is 13.4. The fraction of sp³-hybridized carbons (Fsp3) is 0.593. The van der Waals surface area contributed by atoms with Gasteiger partial charge < -0.3 is 19.9 Å². The Labute approximate surface area is 199 Å². The lowest BCUT2D eigenvalue weighted by Gasteiger charge is -2.38. The average Bonchev–Trinajstić information content (AvgIpc) is 2.77. The highest BCUT2D eigenvalue weighted by Crippen LogP contribution is 2.21. The van der Waals surface area contributed by atoms with Crippen molar-refractivity contribution in [2.45, 2.75) is 60.0 Å². The van der Waals surface area contributed by atoms with E-state index in [1.165, 1.54) is 13.0 Å². The van der Waals surface area contributed by atoms with E-state index < -0.39 is 0 Å². The second kappa shape index (κ2) is 13.4. The van der Waals surface area contributed by atoms with E-state index in [0.717, 1.165) is 42.8 Å². The lowest BCUT2D eigenvalue weighted by atomic mass is 9.98. The topological polar surface area (TPSA) is 44.8 Å². The summed E-state index contributed by atoms with van der Waals surface area (Å²) in [5, 5.41) is 3.10. The van der Waals surface area contributed by atoms with Gasteiger partial charge in [0.15, 0.2) is 0 Å². The molecule has 1 N–H and O–H groups in total. The highest BCUT2D eigenvalue weighted by atomic mass is 19.1. The van der Waals surface area contributed by atoms with E-state index in [1.54, 1.807) is 0 Å². The van der Waals surface area contributed by atoms with Crippen LogP contribution in [0.2, 0.25) is 0 Å². The van der Waals surface area contributed by atoms with Crippen LogP contribution < -0.4 is 10.1 Å². The summed E-state index contributed by atoms with van der Waals surface area (Å²) < 4.78 is 19.1. The Balaban J connectivity index is 2.08. The predicted octanol–water partition coefficient (Wildman–Crippen LogP) is 5.78. The van der Waals surface area contributed by atoms with Crippen molar-refractivity contribution in [1.29, 1.82) is 0 Å². The van der Waals surface area contributed by atoms with Crippen molar-refractivity contribution in [1.82, 2.24) is 15.1 Å². The molecule has 1 heterocycles. The molecule has 0 aromatic heterocycles. The van der Waals surface area contributed by atoms with Crippen molar-refractivity contribution >= 4 is 6.03 Å². The summed E-state index contributed by atoms with van der Waals surface area (Å²) in [6.45, 7) is 13.4. The first-order valence-corrected chi connectivity index (χ1v) is 12.1. The average molecular weight is 460 g/mol. The van der Waals surface area contributed by atoms with Crippen molar-refractivity contribution in [3.8, 4) is 5.75 Å². The summed E-state index contributed by atoms with van der Waals surface area (Å²) in [5.41, 5.74) is 2.08. The minimum absolute atomic E-state index is 0.0720. The first-order valence-electron chi connectivity index (χ1n) is 12.1. The number of nitrogens with zero attached hydrogens (tertiary/aromatic N) is 2. The molecule has 1 aromatic rings. The number of likely N-dealkylation sites (tertiary alicyclic amines) is 1. The second-order valence-electron chi connectivity index (χ2n) is 9.82. The number of nitrogens with one attached hydrogen (secondary N) is 1. The number of allylic oxidation sites excluding steroid dienone is 3. The summed E-state index contributed by atoms with van der Waals surface area (Å²) >= 11 is 0. The third-order valence-electron chi connectivity index (χ3n) is 5.96. The number of hydrogen-bond donors (Lipinski definition) is 1. The van der Waals surface area contributed by atoms with E-state index >= 15 is 0 Å². The number of carbonyl (C=O) groups is 1. The van der Waals surface area contributed by atoms with Crippen LogP contribution in [-0.2, 0) is 6.54 Å². The van der Waals surface area contributed by atoms with Gasteiger partial charge in [-0.15, -0.1) is 0 Å². The molecule has 184 valence electrons. The molecule has 5 nitrogen and oxygen atoms in total. The van der Waals surface area contributed by atoms with Crippen LogP contribution in [0.3, 0.4) is 0 Å². The molecule has 0 radical (unpaired) electrons. The SMILES string of the molecule is C/C(F)=C\C=C(\CN(C(=O)NCc1ccc(OCC(C)C)cc1)C1CCN(C)CC1)C(C)C. The Bertz CT molecular complexity index is 790. The maximum atomic E-state index is 13.4. The van der Waals surface area contributed by atoms with Crippen molar-refractivity contribution in [2.24, 2.45) is 11.8 Å². The molecule has 0 bridgehead atoms. The van der Waals surface area contributed by atoms with Gasteiger partial charge in [0, 0.05) is 19.1 Å². The van der Waals surface area contributed by atoms with Crippen LogP contribution in [0.25, 0.3) is 0 Å². The highest BCUT2D eigenvalue weighted by molar-refractivity contribution is 5.75. The third-order valence-corrected chi connectivity index (χ3v) is 5.96. The predicted molar refractivity (Wildman–Crippen MR) is 134 cm³/mol. The largest absolute Gasteiger partial charge is 0.493 e. The van der Waals surface area contributed by atoms with E-state index in [1.807, 2.05) is 35.2 Å². The van der Waals surface area contributed by atoms with E-state index in [-0.39, 0.29) is 23.8 Å². The van der Waals surface area contributed by atoms with Gasteiger partial charge in [-0.05, 0) is 81.1 Å². The molecule has 0 atom stereocenters. The van der Waals surface area contributed by atoms with Crippen molar-refractivity contribution < 1.29 is 13.9 Å². The van der Waals surface area contributed by atoms with Gasteiger partial charge in [0.25, 0.3) is 0 Å². The Morgan fingerprint density at radius 3 is 2.36 bits per heavy atom. The Morgan fingerprint density at radius 2 is 1.82 bits per heavy atom. The number of hydrogen-bond acceptors (Lipinski definition) is 3. The summed E-state index contributed by atoms with van der Waals surface area (Å²) in [6, 6.07) is 7.98. The van der Waals surface area contributed by atoms with Gasteiger partial charge in [0.05, 0.1) is 12.4 Å². The molecule has 2 rings (SSSR count). The summed E-state index contributed by atoms with van der Waals surface area (Å²) in [6.07, 6.45) is 5.19. The Kier molecular flexibility index (Phi) is 10.9. The number of ether oxygens (including phenoxy) is 1. The molecule has 0 unspecified atom stereocenters. The second-order valence-corrected chi connectivity index (χ2v) is 9.82. The van der Waals surface area contributed by atoms with Crippen LogP contribution in [0.5, 0.6) is 5.75 Å². The van der Waals surface area contributed by atoms with Gasteiger partial charge in [-0.25, -0.2) is 9.18 Å². The quantitative estimate of drug-likeness (QED) is 0.451. The lowest BCUT2D eigenvalue weighted by Crippen LogP contribution is -2.51. The molecular formula is C27H42FN3O2. The van der Waals surface area contributed by atoms with Crippen LogP contribution in [0, 0.1) is 11.8 Å². The summed E-state index contributed by atoms with van der Waals surface area (Å²) in [7, 11) is 2.11. The molecule has 1 aliphatic heterocycles. The van der Waals surface area contributed by atoms with Gasteiger partial charge in [-0.1, -0.05) is 45.9 Å². The molecule has 6 heteroatoms. The van der Waals surface area contributed by atoms with Crippen molar-refractivity contribution in [3.05, 3.63) is 53.4 Å². The minimum Gasteiger partial charge on any atom is -0.493 e. The number of rotatable bonds is 10. The normalized spacial score (nSPS) is 16.4. The molecule has 1 saturated heterocycles. The number of urea groups is 1. The van der Waals surface area contributed by atoms with Gasteiger partial charge in [-0.2, -0.15) is 0 Å². The van der Waals surface area contributed by atoms with Crippen LogP contribution >= 0.6 is 0 Å². The first kappa shape index (κ1) is 26.9. The molecular weight excluding hydrogens is 417 g/mol. The summed E-state index contributed by atoms with van der Waals surface area (Å²) in [5.74, 6) is 1.31. The van der Waals surface area contributed by atoms with Gasteiger partial charge in [0.2, 0.25) is 0 Å². The van der Waals surface area contributed by atoms with Crippen LogP contribution in [0.4, 0.5) is 9.18 Å². The number of piperidine rings is 1. The number of halogens is 1. The molecule has 1 aromatic carbocycles. The molecule has 2 amide bonds. The van der Waals surface area contributed by atoms with Crippen LogP contribution in [0.15, 0.2) is 47.8 Å². The van der Waals surface area contributed by atoms with Crippen molar-refractivity contribution in [2.75, 3.05) is 33.3 Å². The monoisotopic (exact) mass is 459 g/mol. The van der Waals surface area contributed by atoms with Crippen LogP contribution in [0.1, 0.15) is 53.0 Å². The van der Waals surface area contributed by atoms with Gasteiger partial charge in [0.1, 0.15) is 5.75 Å². The van der Waals surface area contributed by atoms with Gasteiger partial charge in [-0.3, -0.25) is 0 Å². The maximum Gasteiger partial charge on any atom is 0.318 e. The van der Waals surface area contributed by atoms with Crippen LogP contribution in [-0.4, -0.2) is 55.2 Å². The van der Waals surface area contributed by atoms with E-state index in [0.29, 0.717) is 25.6 Å². The number of benzene rings is 1. The summed E-state index contributed by atoms with van der Waals surface area (Å²) in [4.78, 5) is 17.5. The zero-order chi connectivity index (χ0) is 24.4. The fourth-order valence-electron chi connectivity index (χ4n) is 3.77. The smallest absolute Gasteiger partial charge is 0.318 e. The Hall–Kier alpha value is -2.34. The standard InChI is InChI=1S/C27H42FN3O2/c1-20(2)19-33-26-11-8-23(9-12-26)17-29-27(32)31(25-13-15-30(6)16-14-25)18-24(21(3)4)10-7-22(5)28/h7-12,20-21,25H,13-19H2,1-6H3,(H,29,32)/b22-7+,24-10-. The number of amides is 2. The lowest BCUT2D eigenvalue weighted by molar-refractivity contribution is 0.136. The zero-order valence-electron chi connectivity index (χ0n) is 21.2. The van der Waals surface area contributed by atoms with E-state index in [2.05, 4.69) is 45.0 Å². The molecule has 1 fully saturated rings. The molecule has 0 spiro atoms. The molecule has 0 saturated carbocycles. The molecule has 1 aliphatic rings. The Morgan fingerprint density at radius 1 is 1.18 bits per heavy atom. The van der Waals surface area contributed by atoms with E-state index in [9.17, 15) is 9.18 Å². The number of carbonyl (C=O) groups excluding carboxylic acids is 1.